The van der Waals surface area contributed by atoms with E-state index >= 15 is 0 Å². The third-order valence-corrected chi connectivity index (χ3v) is 13.3. The average molecular weight is 754 g/mol. The smallest absolute Gasteiger partial charge is 0.0978 e. The van der Waals surface area contributed by atoms with E-state index in [0.29, 0.717) is 11.3 Å². The Morgan fingerprint density at radius 3 is 1.83 bits per heavy atom. The van der Waals surface area contributed by atoms with Crippen molar-refractivity contribution in [3.8, 4) is 22.4 Å². The molecule has 0 saturated heterocycles. The van der Waals surface area contributed by atoms with E-state index < -0.39 is 7.14 Å². The molecule has 0 spiro atoms. The molecule has 0 amide bonds. The van der Waals surface area contributed by atoms with Crippen LogP contribution in [-0.2, 0) is 24.7 Å². The number of aromatic nitrogens is 1. The second-order valence-electron chi connectivity index (χ2n) is 12.0. The van der Waals surface area contributed by atoms with Gasteiger partial charge < -0.3 is 4.57 Å². The van der Waals surface area contributed by atoms with Gasteiger partial charge in [-0.05, 0) is 52.0 Å². The first-order valence-electron chi connectivity index (χ1n) is 15.6. The molecule has 2 saturated carbocycles. The Hall–Kier alpha value is -2.31. The van der Waals surface area contributed by atoms with Gasteiger partial charge in [0.05, 0.1) is 7.14 Å². The van der Waals surface area contributed by atoms with Crippen molar-refractivity contribution in [2.24, 2.45) is 0 Å². The van der Waals surface area contributed by atoms with Gasteiger partial charge >= 0.3 is 0 Å². The number of pyridine rings is 1. The Balaban J connectivity index is 0.000000189. The van der Waals surface area contributed by atoms with Crippen molar-refractivity contribution in [1.29, 1.82) is 0 Å². The maximum absolute atomic E-state index is 14.1. The Morgan fingerprint density at radius 1 is 0.690 bits per heavy atom. The maximum atomic E-state index is 14.1. The van der Waals surface area contributed by atoms with Crippen LogP contribution in [0, 0.1) is 32.9 Å². The fourth-order valence-corrected chi connectivity index (χ4v) is 11.1. The van der Waals surface area contributed by atoms with Gasteiger partial charge in [0.15, 0.2) is 0 Å². The average Bonchev–Trinajstić information content (AvgIpc) is 3.03. The Bertz CT molecular complexity index is 1410. The fourth-order valence-electron chi connectivity index (χ4n) is 6.85. The van der Waals surface area contributed by atoms with Crippen LogP contribution < -0.4 is 5.30 Å². The summed E-state index contributed by atoms with van der Waals surface area (Å²) in [5.41, 5.74) is 9.02. The summed E-state index contributed by atoms with van der Waals surface area (Å²) < 4.78 is 14.1. The summed E-state index contributed by atoms with van der Waals surface area (Å²) in [5.74, 6) is 0. The molecule has 223 valence electrons. The second-order valence-corrected chi connectivity index (χ2v) is 15.4. The normalized spacial score (nSPS) is 16.2. The number of aryl methyl sites for hydroxylation is 3. The molecule has 42 heavy (non-hydrogen) atoms. The molecule has 2 aliphatic carbocycles. The molecule has 4 aromatic rings. The van der Waals surface area contributed by atoms with Crippen LogP contribution in [0.4, 0.5) is 0 Å². The molecule has 2 aliphatic rings. The summed E-state index contributed by atoms with van der Waals surface area (Å²) in [6, 6.07) is 31.7. The molecule has 2 nitrogen and oxygen atoms in total. The first-order valence-corrected chi connectivity index (χ1v) is 17.4. The summed E-state index contributed by atoms with van der Waals surface area (Å²) in [5, 5.41) is 1.05. The van der Waals surface area contributed by atoms with E-state index in [1.54, 1.807) is 0 Å². The van der Waals surface area contributed by atoms with Gasteiger partial charge in [0.1, 0.15) is 0 Å². The zero-order chi connectivity index (χ0) is 28.7. The molecule has 4 heteroatoms. The third kappa shape index (κ3) is 7.60. The van der Waals surface area contributed by atoms with Crippen LogP contribution in [0.1, 0.15) is 80.9 Å². The monoisotopic (exact) mass is 754 g/mol. The van der Waals surface area contributed by atoms with Crippen molar-refractivity contribution in [3.05, 3.63) is 108 Å². The molecule has 1 heterocycles. The van der Waals surface area contributed by atoms with E-state index in [1.807, 2.05) is 31.3 Å². The van der Waals surface area contributed by atoms with Crippen LogP contribution in [0.25, 0.3) is 22.4 Å². The summed E-state index contributed by atoms with van der Waals surface area (Å²) in [6.07, 6.45) is 14.4. The van der Waals surface area contributed by atoms with Crippen LogP contribution in [0.15, 0.2) is 79.0 Å². The summed E-state index contributed by atoms with van der Waals surface area (Å²) in [7, 11) is -2.28. The molecule has 0 aliphatic heterocycles. The van der Waals surface area contributed by atoms with E-state index in [2.05, 4.69) is 85.6 Å². The molecule has 6 rings (SSSR count). The summed E-state index contributed by atoms with van der Waals surface area (Å²) in [6.45, 7) is 6.34. The van der Waals surface area contributed by atoms with Crippen molar-refractivity contribution >= 4 is 12.4 Å². The Morgan fingerprint density at radius 2 is 1.29 bits per heavy atom. The van der Waals surface area contributed by atoms with Gasteiger partial charge in [0, 0.05) is 43.3 Å². The molecular weight excluding hydrogens is 710 g/mol. The minimum absolute atomic E-state index is 0. The largest absolute Gasteiger partial charge is 0.320 e. The SMILES string of the molecule is Cc1ccc(-c2[c-]c(-c3c(C)cccc3C)ccc2)nc1.O=P(c1[c-]cccc1)(C1CCCCC1)C1CCCCC1.[Ir]. The van der Waals surface area contributed by atoms with E-state index in [-0.39, 0.29) is 20.1 Å². The predicted molar refractivity (Wildman–Crippen MR) is 174 cm³/mol. The Kier molecular flexibility index (Phi) is 12.0. The third-order valence-electron chi connectivity index (χ3n) is 9.04. The van der Waals surface area contributed by atoms with Crippen molar-refractivity contribution < 1.29 is 24.7 Å². The van der Waals surface area contributed by atoms with Gasteiger partial charge in [-0.15, -0.1) is 35.1 Å². The zero-order valence-corrected chi connectivity index (χ0v) is 28.7. The topological polar surface area (TPSA) is 30.0 Å². The molecule has 1 radical (unpaired) electrons. The van der Waals surface area contributed by atoms with Crippen molar-refractivity contribution in [2.45, 2.75) is 96.3 Å². The molecule has 3 aromatic carbocycles. The van der Waals surface area contributed by atoms with Crippen LogP contribution in [-0.4, -0.2) is 16.3 Å². The van der Waals surface area contributed by atoms with Gasteiger partial charge in [-0.2, -0.15) is 30.3 Å². The standard InChI is InChI=1S/C20H18N.C18H26OP.Ir/c1-14-10-11-19(21-13-14)17-8-5-9-18(12-17)20-15(2)6-4-7-16(20)3;19-20(16-10-4-1-5-11-16,17-12-6-2-7-13-17)18-14-8-3-9-15-18;/h4-11,13H,1-3H3;1,4-5,10,17-18H,2-3,6-9,12-15H2;/q2*-1;. The van der Waals surface area contributed by atoms with Gasteiger partial charge in [-0.1, -0.05) is 91.1 Å². The summed E-state index contributed by atoms with van der Waals surface area (Å²) in [4.78, 5) is 4.50. The maximum Gasteiger partial charge on any atom is 0.0978 e. The number of benzene rings is 3. The van der Waals surface area contributed by atoms with Crippen molar-refractivity contribution in [1.82, 2.24) is 4.98 Å². The first kappa shape index (κ1) is 32.6. The van der Waals surface area contributed by atoms with E-state index in [1.165, 1.54) is 86.5 Å². The molecule has 0 bridgehead atoms. The van der Waals surface area contributed by atoms with E-state index in [0.717, 1.165) is 22.1 Å². The molecular formula is C38H44IrNOP-2. The van der Waals surface area contributed by atoms with Crippen LogP contribution in [0.5, 0.6) is 0 Å². The van der Waals surface area contributed by atoms with Crippen LogP contribution >= 0.6 is 7.14 Å². The number of hydrogen-bond donors (Lipinski definition) is 0. The molecule has 1 aromatic heterocycles. The number of nitrogens with zero attached hydrogens (tertiary/aromatic N) is 1. The Labute approximate surface area is 267 Å². The molecule has 2 fully saturated rings. The van der Waals surface area contributed by atoms with Gasteiger partial charge in [0.2, 0.25) is 0 Å². The van der Waals surface area contributed by atoms with Crippen LogP contribution in [0.2, 0.25) is 0 Å². The predicted octanol–water partition coefficient (Wildman–Crippen LogP) is 10.3. The van der Waals surface area contributed by atoms with Gasteiger partial charge in [0.25, 0.3) is 0 Å². The van der Waals surface area contributed by atoms with Crippen LogP contribution in [0.3, 0.4) is 0 Å². The van der Waals surface area contributed by atoms with Gasteiger partial charge in [-0.3, -0.25) is 4.98 Å². The molecule has 0 unspecified atom stereocenters. The molecule has 0 atom stereocenters. The fraction of sp³-hybridized carbons (Fsp3) is 0.395. The minimum atomic E-state index is -2.28. The summed E-state index contributed by atoms with van der Waals surface area (Å²) >= 11 is 0. The molecule has 0 N–H and O–H groups in total. The van der Waals surface area contributed by atoms with Crippen molar-refractivity contribution in [3.63, 3.8) is 0 Å². The quantitative estimate of drug-likeness (QED) is 0.150. The van der Waals surface area contributed by atoms with Gasteiger partial charge in [-0.25, -0.2) is 0 Å². The minimum Gasteiger partial charge on any atom is -0.320 e. The van der Waals surface area contributed by atoms with E-state index in [9.17, 15) is 4.57 Å². The number of hydrogen-bond acceptors (Lipinski definition) is 2. The first-order chi connectivity index (χ1) is 20.0. The zero-order valence-electron chi connectivity index (χ0n) is 25.4. The second kappa shape index (κ2) is 15.4. The van der Waals surface area contributed by atoms with Crippen molar-refractivity contribution in [2.75, 3.05) is 0 Å². The van der Waals surface area contributed by atoms with E-state index in [4.69, 9.17) is 0 Å². The number of rotatable bonds is 5.